The summed E-state index contributed by atoms with van der Waals surface area (Å²) in [5.41, 5.74) is 4.23. The van der Waals surface area contributed by atoms with Crippen LogP contribution in [-0.2, 0) is 22.4 Å². The van der Waals surface area contributed by atoms with E-state index in [-0.39, 0.29) is 23.8 Å². The van der Waals surface area contributed by atoms with Crippen molar-refractivity contribution < 1.29 is 23.4 Å². The van der Waals surface area contributed by atoms with Crippen molar-refractivity contribution in [2.24, 2.45) is 5.92 Å². The fraction of sp³-hybridized carbons (Fsp3) is 0.333. The van der Waals surface area contributed by atoms with Gasteiger partial charge in [0.05, 0.1) is 20.1 Å². The van der Waals surface area contributed by atoms with Gasteiger partial charge >= 0.3 is 5.97 Å². The van der Waals surface area contributed by atoms with Crippen LogP contribution in [0.2, 0.25) is 0 Å². The third-order valence-corrected chi connectivity index (χ3v) is 6.08. The molecule has 1 aliphatic heterocycles. The Kier molecular flexibility index (Phi) is 6.92. The number of benzene rings is 2. The number of ether oxygens (including phenoxy) is 3. The molecule has 1 aliphatic rings. The van der Waals surface area contributed by atoms with E-state index in [2.05, 4.69) is 4.98 Å². The Labute approximate surface area is 193 Å². The van der Waals surface area contributed by atoms with E-state index < -0.39 is 0 Å². The quantitative estimate of drug-likeness (QED) is 0.452. The number of fused-ring (bicyclic) bond motifs is 1. The standard InChI is InChI=1S/C27H28FNO4/c1-17(27(30)32-3)13-18-7-8-19-5-4-6-24(33-25(19)14-18)22-10-9-20(15-23(22)28)21-11-12-29-26(16-21)31-2/h7-12,14-17,24H,4-6,13H2,1-3H3/t17-,24?/m0/s1. The largest absolute Gasteiger partial charge is 0.485 e. The molecular formula is C27H28FNO4. The average molecular weight is 450 g/mol. The van der Waals surface area contributed by atoms with Gasteiger partial charge < -0.3 is 14.2 Å². The summed E-state index contributed by atoms with van der Waals surface area (Å²) in [5.74, 6) is 0.462. The number of methoxy groups -OCH3 is 2. The van der Waals surface area contributed by atoms with Crippen molar-refractivity contribution >= 4 is 5.97 Å². The van der Waals surface area contributed by atoms with Crippen molar-refractivity contribution in [2.45, 2.75) is 38.7 Å². The van der Waals surface area contributed by atoms with Crippen molar-refractivity contribution in [2.75, 3.05) is 14.2 Å². The van der Waals surface area contributed by atoms with Gasteiger partial charge in [-0.25, -0.2) is 9.37 Å². The lowest BCUT2D eigenvalue weighted by Gasteiger charge is -2.20. The molecule has 0 saturated carbocycles. The number of carbonyl (C=O) groups is 1. The molecule has 0 N–H and O–H groups in total. The second-order valence-electron chi connectivity index (χ2n) is 8.39. The van der Waals surface area contributed by atoms with E-state index in [1.54, 1.807) is 25.4 Å². The smallest absolute Gasteiger partial charge is 0.308 e. The lowest BCUT2D eigenvalue weighted by atomic mass is 9.98. The van der Waals surface area contributed by atoms with Gasteiger partial charge in [-0.15, -0.1) is 0 Å². The maximum atomic E-state index is 15.2. The van der Waals surface area contributed by atoms with Gasteiger partial charge in [-0.2, -0.15) is 0 Å². The number of halogens is 1. The Hall–Kier alpha value is -3.41. The van der Waals surface area contributed by atoms with Crippen LogP contribution in [0, 0.1) is 11.7 Å². The molecule has 4 rings (SSSR count). The van der Waals surface area contributed by atoms with Gasteiger partial charge in [0.2, 0.25) is 5.88 Å². The second-order valence-corrected chi connectivity index (χ2v) is 8.39. The van der Waals surface area contributed by atoms with Crippen molar-refractivity contribution in [1.29, 1.82) is 0 Å². The summed E-state index contributed by atoms with van der Waals surface area (Å²) in [4.78, 5) is 15.9. The minimum absolute atomic E-state index is 0.238. The van der Waals surface area contributed by atoms with Crippen LogP contribution in [0.15, 0.2) is 54.7 Å². The first-order valence-electron chi connectivity index (χ1n) is 11.1. The average Bonchev–Trinajstić information content (AvgIpc) is 3.05. The second kappa shape index (κ2) is 10.0. The van der Waals surface area contributed by atoms with E-state index in [4.69, 9.17) is 14.2 Å². The number of aromatic nitrogens is 1. The zero-order chi connectivity index (χ0) is 23.4. The molecule has 6 heteroatoms. The predicted octanol–water partition coefficient (Wildman–Crippen LogP) is 5.70. The Morgan fingerprint density at radius 2 is 1.97 bits per heavy atom. The van der Waals surface area contributed by atoms with Gasteiger partial charge in [-0.05, 0) is 66.1 Å². The Morgan fingerprint density at radius 3 is 2.73 bits per heavy atom. The molecule has 0 radical (unpaired) electrons. The van der Waals surface area contributed by atoms with E-state index in [1.165, 1.54) is 13.2 Å². The Balaban J connectivity index is 1.57. The monoisotopic (exact) mass is 449 g/mol. The van der Waals surface area contributed by atoms with Crippen LogP contribution < -0.4 is 9.47 Å². The number of aryl methyl sites for hydroxylation is 1. The molecule has 0 fully saturated rings. The molecule has 0 saturated heterocycles. The van der Waals surface area contributed by atoms with Crippen LogP contribution in [0.3, 0.4) is 0 Å². The lowest BCUT2D eigenvalue weighted by molar-refractivity contribution is -0.144. The molecule has 5 nitrogen and oxygen atoms in total. The number of hydrogen-bond donors (Lipinski definition) is 0. The number of nitrogens with zero attached hydrogens (tertiary/aromatic N) is 1. The van der Waals surface area contributed by atoms with Gasteiger partial charge in [-0.1, -0.05) is 31.2 Å². The Morgan fingerprint density at radius 1 is 1.15 bits per heavy atom. The Bertz CT molecular complexity index is 1150. The van der Waals surface area contributed by atoms with Crippen molar-refractivity contribution in [3.05, 3.63) is 77.2 Å². The normalized spacial score (nSPS) is 16.2. The summed E-state index contributed by atoms with van der Waals surface area (Å²) in [6.07, 6.45) is 4.33. The first-order valence-corrected chi connectivity index (χ1v) is 11.1. The summed E-state index contributed by atoms with van der Waals surface area (Å²) >= 11 is 0. The summed E-state index contributed by atoms with van der Waals surface area (Å²) in [7, 11) is 2.95. The highest BCUT2D eigenvalue weighted by Crippen LogP contribution is 2.36. The van der Waals surface area contributed by atoms with Gasteiger partial charge in [0.1, 0.15) is 17.7 Å². The maximum Gasteiger partial charge on any atom is 0.308 e. The van der Waals surface area contributed by atoms with E-state index in [0.717, 1.165) is 47.3 Å². The molecule has 0 spiro atoms. The first kappa shape index (κ1) is 22.8. The highest BCUT2D eigenvalue weighted by Gasteiger charge is 2.23. The molecule has 172 valence electrons. The molecule has 33 heavy (non-hydrogen) atoms. The molecule has 2 heterocycles. The zero-order valence-corrected chi connectivity index (χ0v) is 19.1. The summed E-state index contributed by atoms with van der Waals surface area (Å²) < 4.78 is 31.6. The molecule has 1 unspecified atom stereocenters. The van der Waals surface area contributed by atoms with Gasteiger partial charge in [0.25, 0.3) is 0 Å². The van der Waals surface area contributed by atoms with E-state index in [1.807, 2.05) is 37.3 Å². The molecule has 2 atom stereocenters. The highest BCUT2D eigenvalue weighted by molar-refractivity contribution is 5.72. The molecular weight excluding hydrogens is 421 g/mol. The van der Waals surface area contributed by atoms with E-state index in [0.29, 0.717) is 17.9 Å². The summed E-state index contributed by atoms with van der Waals surface area (Å²) in [6.45, 7) is 1.84. The maximum absolute atomic E-state index is 15.2. The molecule has 3 aromatic rings. The lowest BCUT2D eigenvalue weighted by Crippen LogP contribution is -2.15. The fourth-order valence-electron chi connectivity index (χ4n) is 4.26. The molecule has 0 bridgehead atoms. The van der Waals surface area contributed by atoms with Gasteiger partial charge in [-0.3, -0.25) is 4.79 Å². The summed E-state index contributed by atoms with van der Waals surface area (Å²) in [6, 6.07) is 14.9. The van der Waals surface area contributed by atoms with E-state index >= 15 is 4.39 Å². The van der Waals surface area contributed by atoms with Gasteiger partial charge in [0, 0.05) is 17.8 Å². The molecule has 0 aliphatic carbocycles. The van der Waals surface area contributed by atoms with Crippen molar-refractivity contribution in [1.82, 2.24) is 4.98 Å². The third-order valence-electron chi connectivity index (χ3n) is 6.08. The minimum Gasteiger partial charge on any atom is -0.485 e. The molecule has 0 amide bonds. The first-order chi connectivity index (χ1) is 16.0. The van der Waals surface area contributed by atoms with Crippen LogP contribution in [0.25, 0.3) is 11.1 Å². The summed E-state index contributed by atoms with van der Waals surface area (Å²) in [5, 5.41) is 0. The van der Waals surface area contributed by atoms with Crippen LogP contribution in [0.1, 0.15) is 42.6 Å². The fourth-order valence-corrected chi connectivity index (χ4v) is 4.26. The topological polar surface area (TPSA) is 57.7 Å². The van der Waals surface area contributed by atoms with Gasteiger partial charge in [0.15, 0.2) is 0 Å². The van der Waals surface area contributed by atoms with Crippen LogP contribution in [0.5, 0.6) is 11.6 Å². The number of pyridine rings is 1. The van der Waals surface area contributed by atoms with E-state index in [9.17, 15) is 4.79 Å². The number of hydrogen-bond acceptors (Lipinski definition) is 5. The van der Waals surface area contributed by atoms with Crippen molar-refractivity contribution in [3.63, 3.8) is 0 Å². The van der Waals surface area contributed by atoms with Crippen LogP contribution in [0.4, 0.5) is 4.39 Å². The minimum atomic E-state index is -0.374. The molecule has 2 aromatic carbocycles. The highest BCUT2D eigenvalue weighted by atomic mass is 19.1. The van der Waals surface area contributed by atoms with Crippen LogP contribution in [-0.4, -0.2) is 25.2 Å². The SMILES string of the molecule is COC(=O)[C@@H](C)Cc1ccc2c(c1)OC(c1ccc(-c3ccnc(OC)c3)cc1F)CCC2. The predicted molar refractivity (Wildman–Crippen MR) is 124 cm³/mol. The number of rotatable bonds is 6. The zero-order valence-electron chi connectivity index (χ0n) is 19.1. The third kappa shape index (κ3) is 5.16. The number of esters is 1. The van der Waals surface area contributed by atoms with Crippen molar-refractivity contribution in [3.8, 4) is 22.8 Å². The molecule has 1 aromatic heterocycles. The number of carbonyl (C=O) groups excluding carboxylic acids is 1. The van der Waals surface area contributed by atoms with Crippen LogP contribution >= 0.6 is 0 Å².